The van der Waals surface area contributed by atoms with Crippen molar-refractivity contribution in [3.63, 3.8) is 0 Å². The molecule has 0 saturated carbocycles. The van der Waals surface area contributed by atoms with Crippen molar-refractivity contribution >= 4 is 18.3 Å². The molecule has 138 valence electrons. The maximum Gasteiger partial charge on any atom is 0.411 e. The molecule has 1 heterocycles. The molecule has 1 aliphatic heterocycles. The molecule has 1 saturated heterocycles. The highest BCUT2D eigenvalue weighted by atomic mass is 16.6. The van der Waals surface area contributed by atoms with E-state index in [0.29, 0.717) is 0 Å². The summed E-state index contributed by atoms with van der Waals surface area (Å²) in [5, 5.41) is 8.92. The van der Waals surface area contributed by atoms with Crippen molar-refractivity contribution in [2.75, 3.05) is 42.5 Å². The molecule has 0 spiro atoms. The van der Waals surface area contributed by atoms with Crippen molar-refractivity contribution in [1.82, 2.24) is 30.7 Å². The maximum absolute atomic E-state index is 11.7. The van der Waals surface area contributed by atoms with Crippen molar-refractivity contribution < 1.29 is 28.6 Å². The van der Waals surface area contributed by atoms with E-state index < -0.39 is 37.1 Å². The van der Waals surface area contributed by atoms with Crippen LogP contribution >= 0.6 is 0 Å². The van der Waals surface area contributed by atoms with Gasteiger partial charge in [-0.15, -0.1) is 0 Å². The first kappa shape index (κ1) is 19.7. The predicted molar refractivity (Wildman–Crippen MR) is 81.3 cm³/mol. The molecule has 0 bridgehead atoms. The summed E-state index contributed by atoms with van der Waals surface area (Å²) in [5.74, 6) is 0. The van der Waals surface area contributed by atoms with Crippen LogP contribution in [0.5, 0.6) is 0 Å². The van der Waals surface area contributed by atoms with Crippen molar-refractivity contribution in [3.8, 4) is 0 Å². The van der Waals surface area contributed by atoms with Crippen LogP contribution in [0.3, 0.4) is 0 Å². The Hall–Kier alpha value is -2.31. The molecule has 1 aliphatic rings. The van der Waals surface area contributed by atoms with Crippen molar-refractivity contribution in [2.45, 2.75) is 18.9 Å². The fraction of sp³-hybridized carbons (Fsp3) is 0.750. The van der Waals surface area contributed by atoms with E-state index in [-0.39, 0.29) is 0 Å². The number of hydrogen-bond donors (Lipinski definition) is 3. The lowest BCUT2D eigenvalue weighted by Gasteiger charge is -2.45. The van der Waals surface area contributed by atoms with E-state index in [0.717, 1.165) is 0 Å². The highest BCUT2D eigenvalue weighted by molar-refractivity contribution is 5.69. The van der Waals surface area contributed by atoms with E-state index in [2.05, 4.69) is 30.2 Å². The molecule has 0 aliphatic carbocycles. The first-order valence-electron chi connectivity index (χ1n) is 6.97. The molecule has 0 aromatic heterocycles. The second kappa shape index (κ2) is 8.52. The van der Waals surface area contributed by atoms with Gasteiger partial charge in [0.05, 0.1) is 21.3 Å². The van der Waals surface area contributed by atoms with Gasteiger partial charge in [-0.25, -0.2) is 14.4 Å². The van der Waals surface area contributed by atoms with Crippen LogP contribution < -0.4 is 16.0 Å². The second-order valence-electron chi connectivity index (χ2n) is 4.95. The smallest absolute Gasteiger partial charge is 0.411 e. The highest BCUT2D eigenvalue weighted by Gasteiger charge is 2.37. The summed E-state index contributed by atoms with van der Waals surface area (Å²) in [6.45, 7) is 0. The minimum absolute atomic E-state index is 0.610. The Balaban J connectivity index is 2.99. The van der Waals surface area contributed by atoms with E-state index in [1.807, 2.05) is 0 Å². The standard InChI is InChI=1S/C12H24N6O6/c1-16(10(19)22-4)7-13-8(17(2)11(20)23-5)15-9(14-7)18(3)12(21)24-6/h7-9,13-15H,1-6H3. The molecule has 1 fully saturated rings. The van der Waals surface area contributed by atoms with E-state index in [1.54, 1.807) is 0 Å². The Morgan fingerprint density at radius 1 is 0.625 bits per heavy atom. The third-order valence-corrected chi connectivity index (χ3v) is 3.50. The quantitative estimate of drug-likeness (QED) is 0.534. The Morgan fingerprint density at radius 3 is 1.00 bits per heavy atom. The van der Waals surface area contributed by atoms with Gasteiger partial charge in [0.25, 0.3) is 0 Å². The average Bonchev–Trinajstić information content (AvgIpc) is 2.63. The SMILES string of the molecule is COC(=O)N(C)C1NC(N(C)C(=O)OC)NC(N(C)C(=O)OC)N1. The van der Waals surface area contributed by atoms with Crippen molar-refractivity contribution in [2.24, 2.45) is 0 Å². The summed E-state index contributed by atoms with van der Waals surface area (Å²) in [7, 11) is 8.22. The molecule has 24 heavy (non-hydrogen) atoms. The summed E-state index contributed by atoms with van der Waals surface area (Å²) < 4.78 is 14.0. The molecule has 1 rings (SSSR count). The zero-order chi connectivity index (χ0) is 18.4. The van der Waals surface area contributed by atoms with Gasteiger partial charge in [-0.3, -0.25) is 30.7 Å². The number of rotatable bonds is 3. The number of carbonyl (C=O) groups excluding carboxylic acids is 3. The molecule has 0 radical (unpaired) electrons. The van der Waals surface area contributed by atoms with Gasteiger partial charge in [-0.2, -0.15) is 0 Å². The van der Waals surface area contributed by atoms with E-state index >= 15 is 0 Å². The van der Waals surface area contributed by atoms with Gasteiger partial charge < -0.3 is 14.2 Å². The zero-order valence-electron chi connectivity index (χ0n) is 14.5. The number of nitrogens with zero attached hydrogens (tertiary/aromatic N) is 3. The maximum atomic E-state index is 11.7. The lowest BCUT2D eigenvalue weighted by atomic mass is 10.4. The predicted octanol–water partition coefficient (Wildman–Crippen LogP) is -1.29. The Morgan fingerprint density at radius 2 is 0.833 bits per heavy atom. The van der Waals surface area contributed by atoms with Gasteiger partial charge in [-0.05, 0) is 0 Å². The topological polar surface area (TPSA) is 125 Å². The summed E-state index contributed by atoms with van der Waals surface area (Å²) in [6.07, 6.45) is -4.06. The van der Waals surface area contributed by atoms with Crippen molar-refractivity contribution in [3.05, 3.63) is 0 Å². The van der Waals surface area contributed by atoms with Crippen LogP contribution in [0.25, 0.3) is 0 Å². The molecule has 12 nitrogen and oxygen atoms in total. The fourth-order valence-corrected chi connectivity index (χ4v) is 2.01. The average molecular weight is 348 g/mol. The molecule has 12 heteroatoms. The lowest BCUT2D eigenvalue weighted by molar-refractivity contribution is -0.0147. The fourth-order valence-electron chi connectivity index (χ4n) is 2.01. The van der Waals surface area contributed by atoms with Gasteiger partial charge in [0.15, 0.2) is 0 Å². The van der Waals surface area contributed by atoms with E-state index in [4.69, 9.17) is 0 Å². The van der Waals surface area contributed by atoms with Crippen LogP contribution in [-0.2, 0) is 14.2 Å². The minimum atomic E-state index is -0.743. The van der Waals surface area contributed by atoms with Gasteiger partial charge in [0, 0.05) is 21.1 Å². The van der Waals surface area contributed by atoms with Crippen LogP contribution in [0.4, 0.5) is 14.4 Å². The summed E-state index contributed by atoms with van der Waals surface area (Å²) in [5.41, 5.74) is 0. The molecular formula is C12H24N6O6. The van der Waals surface area contributed by atoms with Crippen LogP contribution in [0.2, 0.25) is 0 Å². The molecular weight excluding hydrogens is 324 g/mol. The number of methoxy groups -OCH3 is 3. The number of carbonyl (C=O) groups is 3. The minimum Gasteiger partial charge on any atom is -0.453 e. The van der Waals surface area contributed by atoms with Crippen LogP contribution in [0, 0.1) is 0 Å². The summed E-state index contributed by atoms with van der Waals surface area (Å²) in [6, 6.07) is 0. The monoisotopic (exact) mass is 348 g/mol. The summed E-state index contributed by atoms with van der Waals surface area (Å²) >= 11 is 0. The summed E-state index contributed by atoms with van der Waals surface area (Å²) in [4.78, 5) is 38.9. The molecule has 3 amide bonds. The third kappa shape index (κ3) is 4.37. The first-order valence-corrected chi connectivity index (χ1v) is 6.97. The van der Waals surface area contributed by atoms with Crippen LogP contribution in [0.15, 0.2) is 0 Å². The molecule has 0 unspecified atom stereocenters. The molecule has 0 aromatic rings. The molecule has 0 aromatic carbocycles. The number of ether oxygens (including phenoxy) is 3. The first-order chi connectivity index (χ1) is 11.3. The Labute approximate surface area is 140 Å². The lowest BCUT2D eigenvalue weighted by Crippen LogP contribution is -2.78. The van der Waals surface area contributed by atoms with Crippen molar-refractivity contribution in [1.29, 1.82) is 0 Å². The third-order valence-electron chi connectivity index (χ3n) is 3.50. The van der Waals surface area contributed by atoms with Gasteiger partial charge in [0.1, 0.15) is 18.9 Å². The second-order valence-corrected chi connectivity index (χ2v) is 4.95. The molecule has 3 N–H and O–H groups in total. The van der Waals surface area contributed by atoms with Gasteiger partial charge in [0.2, 0.25) is 0 Å². The normalized spacial score (nSPS) is 23.0. The Bertz CT molecular complexity index is 404. The van der Waals surface area contributed by atoms with Crippen LogP contribution in [0.1, 0.15) is 0 Å². The number of amides is 3. The number of hydrogen-bond acceptors (Lipinski definition) is 9. The van der Waals surface area contributed by atoms with E-state index in [1.165, 1.54) is 57.2 Å². The van der Waals surface area contributed by atoms with E-state index in [9.17, 15) is 14.4 Å². The zero-order valence-corrected chi connectivity index (χ0v) is 14.5. The van der Waals surface area contributed by atoms with Gasteiger partial charge >= 0.3 is 18.3 Å². The molecule has 0 atom stereocenters. The largest absolute Gasteiger partial charge is 0.453 e. The Kier molecular flexibility index (Phi) is 7.00. The van der Waals surface area contributed by atoms with Crippen LogP contribution in [-0.4, -0.2) is 94.3 Å². The highest BCUT2D eigenvalue weighted by Crippen LogP contribution is 2.07. The van der Waals surface area contributed by atoms with Gasteiger partial charge in [-0.1, -0.05) is 0 Å². The number of nitrogens with one attached hydrogen (secondary N) is 3.